The quantitative estimate of drug-likeness (QED) is 0.0950. The second kappa shape index (κ2) is 28.2. The van der Waals surface area contributed by atoms with Crippen molar-refractivity contribution in [3.63, 3.8) is 0 Å². The van der Waals surface area contributed by atoms with Crippen molar-refractivity contribution in [1.29, 1.82) is 0 Å². The number of fused-ring (bicyclic) bond motifs is 6. The monoisotopic (exact) mass is 1190 g/mol. The van der Waals surface area contributed by atoms with Crippen molar-refractivity contribution in [3.8, 4) is 11.5 Å². The molecule has 4 aromatic rings. The maximum atomic E-state index is 13.9. The van der Waals surface area contributed by atoms with Crippen molar-refractivity contribution in [1.82, 2.24) is 29.6 Å². The number of carbonyl (C=O) groups excluding carboxylic acids is 4. The Balaban J connectivity index is 0.000000351. The van der Waals surface area contributed by atoms with Gasteiger partial charge in [0.15, 0.2) is 22.9 Å². The normalized spacial score (nSPS) is 18.1. The molecular formula is C48H54Br2F6MgN6O11. The van der Waals surface area contributed by atoms with Gasteiger partial charge in [-0.05, 0) is 32.1 Å². The summed E-state index contributed by atoms with van der Waals surface area (Å²) in [6.07, 6.45) is 5.76. The first kappa shape index (κ1) is 63.3. The van der Waals surface area contributed by atoms with E-state index in [9.17, 15) is 60.2 Å². The van der Waals surface area contributed by atoms with Gasteiger partial charge in [0, 0.05) is 93.8 Å². The summed E-state index contributed by atoms with van der Waals surface area (Å²) in [6, 6.07) is 0.759. The largest absolute Gasteiger partial charge is 2.00 e. The first-order valence-electron chi connectivity index (χ1n) is 23.0. The standard InChI is InChI=1S/C23H24F3N3O5.C22H22F3N3O5.C3H8O.2BrH.Mg/c1-3-5-28-18-11-34-6-4-17(18)29-10-14(20(30)21(33-2)19(29)23(28)32)22(31)27-9-13-15(25)7-12(24)8-16(13)26;1-2-4-27-17-10-33-5-3-16(17)28-9-13(19(29)20(30)18(28)22(27)32)21(31)26-8-12-14(24)6-11(23)7-15(12)25;1-2-3-4;;;/h7-8,10,17-18H,3-6,9,11H2,1-2H3,(H,27,31);6-7,9,16-17,30H,2-5,8,10H2,1H3,(H,26,31);4H,2-3H2,1H3;2*1H;/q;;;;;+2/p-2/t17-,18+;16-,17+;;;;/m00..../s1. The van der Waals surface area contributed by atoms with Crippen molar-refractivity contribution in [2.24, 2.45) is 0 Å². The Bertz CT molecular complexity index is 2760. The Hall–Kier alpha value is -4.99. The van der Waals surface area contributed by atoms with E-state index in [0.29, 0.717) is 89.5 Å². The number of hydrogen-bond donors (Lipinski definition) is 4. The van der Waals surface area contributed by atoms with Crippen LogP contribution in [0.4, 0.5) is 26.3 Å². The maximum Gasteiger partial charge on any atom is 2.00 e. The van der Waals surface area contributed by atoms with Gasteiger partial charge in [-0.3, -0.25) is 28.8 Å². The fourth-order valence-corrected chi connectivity index (χ4v) is 8.95. The number of methoxy groups -OCH3 is 1. The zero-order chi connectivity index (χ0) is 51.8. The van der Waals surface area contributed by atoms with Gasteiger partial charge in [-0.25, -0.2) is 26.3 Å². The van der Waals surface area contributed by atoms with Crippen LogP contribution in [-0.2, 0) is 22.6 Å². The molecule has 2 saturated heterocycles. The van der Waals surface area contributed by atoms with Gasteiger partial charge in [-0.15, -0.1) is 0 Å². The SMILES string of the molecule is CCCN1C(=O)c2c(O)c(=O)c(C(=O)NCc3c(F)cc(F)cc3F)cn2[C@H]2CCOC[C@H]21.CCCN1C(=O)c2c(OC)c(=O)c(C(=O)NCc3c(F)cc(F)cc3F)cn2[C@H]2CCOC[C@H]21.CCCO.[Br-].[Br-].[Mg+2]. The average molecular weight is 1190 g/mol. The molecule has 2 fully saturated rings. The number of benzene rings is 2. The van der Waals surface area contributed by atoms with Gasteiger partial charge in [0.1, 0.15) is 46.0 Å². The second-order valence-electron chi connectivity index (χ2n) is 16.9. The third kappa shape index (κ3) is 13.3. The van der Waals surface area contributed by atoms with Crippen molar-refractivity contribution in [3.05, 3.63) is 126 Å². The minimum Gasteiger partial charge on any atom is -1.00 e. The van der Waals surface area contributed by atoms with Crippen LogP contribution in [0.5, 0.6) is 11.5 Å². The molecule has 4 amide bonds. The molecule has 0 unspecified atom stereocenters. The van der Waals surface area contributed by atoms with E-state index in [4.69, 9.17) is 19.3 Å². The fourth-order valence-electron chi connectivity index (χ4n) is 8.95. The molecule has 74 heavy (non-hydrogen) atoms. The van der Waals surface area contributed by atoms with E-state index >= 15 is 0 Å². The van der Waals surface area contributed by atoms with Crippen LogP contribution in [0.3, 0.4) is 0 Å². The Morgan fingerprint density at radius 1 is 0.649 bits per heavy atom. The van der Waals surface area contributed by atoms with Crippen LogP contribution in [0.1, 0.15) is 118 Å². The minimum atomic E-state index is -1.19. The van der Waals surface area contributed by atoms with Gasteiger partial charge >= 0.3 is 23.1 Å². The van der Waals surface area contributed by atoms with Crippen molar-refractivity contribution >= 4 is 46.7 Å². The summed E-state index contributed by atoms with van der Waals surface area (Å²) in [5, 5.41) is 23.0. The summed E-state index contributed by atoms with van der Waals surface area (Å²) in [7, 11) is 1.23. The fraction of sp³-hybridized carbons (Fsp3) is 0.458. The molecule has 0 bridgehead atoms. The predicted molar refractivity (Wildman–Crippen MR) is 247 cm³/mol. The number of pyridine rings is 2. The number of amides is 4. The molecule has 8 rings (SSSR count). The van der Waals surface area contributed by atoms with Crippen LogP contribution in [0, 0.1) is 34.9 Å². The van der Waals surface area contributed by atoms with Gasteiger partial charge in [-0.2, -0.15) is 0 Å². The van der Waals surface area contributed by atoms with Crippen LogP contribution < -0.4 is 60.2 Å². The topological polar surface area (TPSA) is 211 Å². The van der Waals surface area contributed by atoms with Crippen LogP contribution >= 0.6 is 0 Å². The molecule has 400 valence electrons. The summed E-state index contributed by atoms with van der Waals surface area (Å²) in [6.45, 7) is 7.12. The van der Waals surface area contributed by atoms with E-state index in [2.05, 4.69) is 10.6 Å². The second-order valence-corrected chi connectivity index (χ2v) is 16.9. The molecule has 26 heteroatoms. The number of nitrogens with zero attached hydrogens (tertiary/aromatic N) is 4. The van der Waals surface area contributed by atoms with Gasteiger partial charge < -0.3 is 88.0 Å². The Labute approximate surface area is 458 Å². The average Bonchev–Trinajstić information content (AvgIpc) is 3.34. The smallest absolute Gasteiger partial charge is 1.00 e. The number of nitrogens with one attached hydrogen (secondary N) is 2. The van der Waals surface area contributed by atoms with E-state index in [0.717, 1.165) is 6.42 Å². The van der Waals surface area contributed by atoms with Crippen molar-refractivity contribution in [2.45, 2.75) is 90.1 Å². The summed E-state index contributed by atoms with van der Waals surface area (Å²) >= 11 is 0. The number of halogens is 8. The third-order valence-electron chi connectivity index (χ3n) is 12.3. The van der Waals surface area contributed by atoms with E-state index in [-0.39, 0.29) is 110 Å². The Morgan fingerprint density at radius 3 is 1.41 bits per heavy atom. The zero-order valence-electron chi connectivity index (χ0n) is 40.8. The molecule has 0 saturated carbocycles. The number of aromatic hydroxyl groups is 1. The van der Waals surface area contributed by atoms with E-state index in [1.54, 1.807) is 14.4 Å². The van der Waals surface area contributed by atoms with Gasteiger partial charge in [0.25, 0.3) is 23.6 Å². The van der Waals surface area contributed by atoms with Crippen molar-refractivity contribution in [2.75, 3.05) is 53.2 Å². The molecule has 0 radical (unpaired) electrons. The number of aliphatic hydroxyl groups excluding tert-OH is 1. The van der Waals surface area contributed by atoms with E-state index in [1.807, 2.05) is 20.8 Å². The first-order valence-corrected chi connectivity index (χ1v) is 23.0. The van der Waals surface area contributed by atoms with Crippen LogP contribution in [0.15, 0.2) is 46.2 Å². The number of hydrogen-bond acceptors (Lipinski definition) is 11. The molecule has 4 atom stereocenters. The molecule has 2 aromatic heterocycles. The molecule has 4 aliphatic heterocycles. The number of aliphatic hydroxyl groups is 1. The summed E-state index contributed by atoms with van der Waals surface area (Å²) in [5.41, 5.74) is -4.00. The van der Waals surface area contributed by atoms with Gasteiger partial charge in [0.05, 0.1) is 44.5 Å². The number of rotatable bonds is 12. The first-order chi connectivity index (χ1) is 33.9. The number of carbonyl (C=O) groups is 4. The molecular weight excluding hydrogens is 1130 g/mol. The summed E-state index contributed by atoms with van der Waals surface area (Å²) in [5.74, 6) is -10.9. The molecule has 17 nitrogen and oxygen atoms in total. The molecule has 0 spiro atoms. The third-order valence-corrected chi connectivity index (χ3v) is 12.3. The zero-order valence-corrected chi connectivity index (χ0v) is 45.3. The Kier molecular flexibility index (Phi) is 24.1. The number of aromatic nitrogens is 2. The molecule has 0 aliphatic carbocycles. The minimum absolute atomic E-state index is 0. The predicted octanol–water partition coefficient (Wildman–Crippen LogP) is -1.49. The maximum absolute atomic E-state index is 13.9. The summed E-state index contributed by atoms with van der Waals surface area (Å²) < 4.78 is 101. The van der Waals surface area contributed by atoms with E-state index in [1.165, 1.54) is 24.1 Å². The molecule has 2 aromatic carbocycles. The number of ether oxygens (including phenoxy) is 3. The van der Waals surface area contributed by atoms with Gasteiger partial charge in [0.2, 0.25) is 10.9 Å². The van der Waals surface area contributed by atoms with Crippen LogP contribution in [0.25, 0.3) is 0 Å². The molecule has 4 N–H and O–H groups in total. The van der Waals surface area contributed by atoms with Crippen LogP contribution in [-0.4, -0.2) is 141 Å². The van der Waals surface area contributed by atoms with Crippen molar-refractivity contribution < 1.29 is 104 Å². The van der Waals surface area contributed by atoms with E-state index < -0.39 is 105 Å². The molecule has 6 heterocycles. The Morgan fingerprint density at radius 2 is 1.03 bits per heavy atom. The summed E-state index contributed by atoms with van der Waals surface area (Å²) in [4.78, 5) is 81.0. The van der Waals surface area contributed by atoms with Gasteiger partial charge in [-0.1, -0.05) is 20.8 Å². The molecule has 4 aliphatic rings. The van der Waals surface area contributed by atoms with Crippen LogP contribution in [0.2, 0.25) is 0 Å².